The second-order valence-corrected chi connectivity index (χ2v) is 10.4. The Hall–Kier alpha value is -3.70. The fourth-order valence-corrected chi connectivity index (χ4v) is 5.74. The first-order chi connectivity index (χ1) is 17.2. The van der Waals surface area contributed by atoms with Crippen molar-refractivity contribution in [2.45, 2.75) is 31.3 Å². The molecule has 1 amide bonds. The highest BCUT2D eigenvalue weighted by atomic mass is 16.3. The summed E-state index contributed by atoms with van der Waals surface area (Å²) >= 11 is 0. The molecule has 6 N–H and O–H groups in total. The number of aliphatic hydroxyl groups excluding tert-OH is 2. The molecule has 4 rings (SSSR count). The summed E-state index contributed by atoms with van der Waals surface area (Å²) in [5.41, 5.74) is 2.32. The number of hydrogen-bond acceptors (Lipinski definition) is 10. The fourth-order valence-electron chi connectivity index (χ4n) is 5.74. The van der Waals surface area contributed by atoms with E-state index in [4.69, 9.17) is 5.73 Å². The number of rotatable bonds is 6. The standard InChI is InChI=1S/C26H31N3O8/c1-28(2)6-5-16(30)14-10-15(29(3)4)13-8-11-7-12-9-17(31)20(25(27)36)24(35)26(12,37)23(34)18(11)22(33)19(13)21(14)32/h10-12,31-32,34,37H,5-9H2,1-4H3,(H2,27,36)/t11-,12+,26+/m1/s1. The highest BCUT2D eigenvalue weighted by Gasteiger charge is 2.59. The first-order valence-corrected chi connectivity index (χ1v) is 11.9. The molecule has 0 unspecified atom stereocenters. The molecule has 11 nitrogen and oxygen atoms in total. The Morgan fingerprint density at radius 1 is 1.11 bits per heavy atom. The van der Waals surface area contributed by atoms with Gasteiger partial charge in [-0.1, -0.05) is 0 Å². The van der Waals surface area contributed by atoms with Gasteiger partial charge in [0.25, 0.3) is 5.91 Å². The summed E-state index contributed by atoms with van der Waals surface area (Å²) < 4.78 is 0. The number of phenols is 1. The molecule has 1 aromatic rings. The van der Waals surface area contributed by atoms with Crippen LogP contribution in [0.15, 0.2) is 28.7 Å². The minimum atomic E-state index is -2.63. The highest BCUT2D eigenvalue weighted by Crippen LogP contribution is 2.52. The van der Waals surface area contributed by atoms with Gasteiger partial charge in [-0.3, -0.25) is 19.2 Å². The van der Waals surface area contributed by atoms with Crippen LogP contribution in [-0.4, -0.2) is 88.9 Å². The van der Waals surface area contributed by atoms with Crippen molar-refractivity contribution in [3.63, 3.8) is 0 Å². The summed E-state index contributed by atoms with van der Waals surface area (Å²) in [5.74, 6) is -7.39. The summed E-state index contributed by atoms with van der Waals surface area (Å²) in [6, 6.07) is 1.55. The van der Waals surface area contributed by atoms with E-state index in [0.29, 0.717) is 17.8 Å². The molecular formula is C26H31N3O8. The molecule has 11 heteroatoms. The van der Waals surface area contributed by atoms with E-state index in [1.165, 1.54) is 0 Å². The number of aliphatic hydroxyl groups is 3. The highest BCUT2D eigenvalue weighted by molar-refractivity contribution is 6.24. The summed E-state index contributed by atoms with van der Waals surface area (Å²) in [5, 5.41) is 43.9. The lowest BCUT2D eigenvalue weighted by Gasteiger charge is -2.45. The number of ketones is 3. The van der Waals surface area contributed by atoms with E-state index < -0.39 is 57.8 Å². The molecule has 0 fully saturated rings. The quantitative estimate of drug-likeness (QED) is 0.269. The van der Waals surface area contributed by atoms with Crippen LogP contribution < -0.4 is 10.6 Å². The van der Waals surface area contributed by atoms with Crippen molar-refractivity contribution < 1.29 is 39.6 Å². The lowest BCUT2D eigenvalue weighted by molar-refractivity contribution is -0.144. The number of benzene rings is 1. The minimum absolute atomic E-state index is 0.0406. The molecule has 1 aromatic carbocycles. The van der Waals surface area contributed by atoms with Gasteiger partial charge in [0, 0.05) is 50.7 Å². The molecule has 0 heterocycles. The monoisotopic (exact) mass is 513 g/mol. The molecule has 0 spiro atoms. The Labute approximate surface area is 213 Å². The second-order valence-electron chi connectivity index (χ2n) is 10.4. The summed E-state index contributed by atoms with van der Waals surface area (Å²) in [4.78, 5) is 55.2. The van der Waals surface area contributed by atoms with Crippen molar-refractivity contribution in [1.82, 2.24) is 4.90 Å². The molecule has 0 aromatic heterocycles. The molecule has 0 aliphatic heterocycles. The first-order valence-electron chi connectivity index (χ1n) is 11.9. The van der Waals surface area contributed by atoms with Crippen molar-refractivity contribution in [1.29, 1.82) is 0 Å². The zero-order valence-electron chi connectivity index (χ0n) is 21.2. The molecule has 3 aliphatic carbocycles. The predicted octanol–water partition coefficient (Wildman–Crippen LogP) is 0.781. The maximum atomic E-state index is 13.8. The molecule has 3 aliphatic rings. The third-order valence-corrected chi connectivity index (χ3v) is 7.61. The van der Waals surface area contributed by atoms with Crippen molar-refractivity contribution >= 4 is 28.9 Å². The van der Waals surface area contributed by atoms with Gasteiger partial charge in [0.1, 0.15) is 22.8 Å². The lowest BCUT2D eigenvalue weighted by atomic mass is 9.60. The van der Waals surface area contributed by atoms with Gasteiger partial charge >= 0.3 is 0 Å². The number of aromatic hydroxyl groups is 1. The van der Waals surface area contributed by atoms with Crippen molar-refractivity contribution in [2.75, 3.05) is 39.6 Å². The molecule has 3 atom stereocenters. The molecule has 198 valence electrons. The van der Waals surface area contributed by atoms with Crippen LogP contribution in [0.3, 0.4) is 0 Å². The minimum Gasteiger partial charge on any atom is -0.511 e. The van der Waals surface area contributed by atoms with Gasteiger partial charge < -0.3 is 36.0 Å². The Morgan fingerprint density at radius 2 is 1.76 bits per heavy atom. The normalized spacial score (nSPS) is 25.1. The van der Waals surface area contributed by atoms with Gasteiger partial charge in [0.05, 0.1) is 11.1 Å². The number of nitrogens with zero attached hydrogens (tertiary/aromatic N) is 2. The second kappa shape index (κ2) is 9.00. The van der Waals surface area contributed by atoms with Crippen LogP contribution in [0.5, 0.6) is 5.75 Å². The summed E-state index contributed by atoms with van der Waals surface area (Å²) in [6.45, 7) is 0.424. The molecule has 0 radical (unpaired) electrons. The van der Waals surface area contributed by atoms with Crippen LogP contribution in [0.25, 0.3) is 0 Å². The van der Waals surface area contributed by atoms with Gasteiger partial charge in [0.2, 0.25) is 5.78 Å². The SMILES string of the molecule is CN(C)CCC(=O)c1cc(N(C)C)c2c(c1O)C(=O)C1=C(O)[C@]3(O)C(=O)C(C(N)=O)=C(O)C[C@@H]3C[C@@H]1C2. The van der Waals surface area contributed by atoms with Crippen LogP contribution in [0.4, 0.5) is 5.69 Å². The summed E-state index contributed by atoms with van der Waals surface area (Å²) in [6.07, 6.45) is 0.0147. The molecule has 0 bridgehead atoms. The number of hydrogen-bond donors (Lipinski definition) is 5. The predicted molar refractivity (Wildman–Crippen MR) is 133 cm³/mol. The van der Waals surface area contributed by atoms with Gasteiger partial charge in [-0.25, -0.2) is 0 Å². The van der Waals surface area contributed by atoms with Crippen LogP contribution in [0.2, 0.25) is 0 Å². The van der Waals surface area contributed by atoms with Crippen molar-refractivity contribution in [3.05, 3.63) is 45.4 Å². The number of carbonyl (C=O) groups is 4. The Bertz CT molecular complexity index is 1310. The van der Waals surface area contributed by atoms with Crippen LogP contribution in [0.1, 0.15) is 45.5 Å². The fraction of sp³-hybridized carbons (Fsp3) is 0.462. The van der Waals surface area contributed by atoms with E-state index in [9.17, 15) is 39.6 Å². The van der Waals surface area contributed by atoms with Gasteiger partial charge in [0.15, 0.2) is 17.2 Å². The number of allylic oxidation sites excluding steroid dienone is 2. The first kappa shape index (κ1) is 26.4. The van der Waals surface area contributed by atoms with E-state index >= 15 is 0 Å². The maximum Gasteiger partial charge on any atom is 0.255 e. The van der Waals surface area contributed by atoms with Gasteiger partial charge in [-0.2, -0.15) is 0 Å². The third-order valence-electron chi connectivity index (χ3n) is 7.61. The number of amides is 1. The third kappa shape index (κ3) is 3.89. The van der Waals surface area contributed by atoms with Crippen LogP contribution in [0, 0.1) is 11.8 Å². The summed E-state index contributed by atoms with van der Waals surface area (Å²) in [7, 11) is 7.08. The average Bonchev–Trinajstić information content (AvgIpc) is 2.79. The Morgan fingerprint density at radius 3 is 2.32 bits per heavy atom. The van der Waals surface area contributed by atoms with E-state index in [1.54, 1.807) is 39.2 Å². The number of nitrogens with two attached hydrogens (primary N) is 1. The average molecular weight is 514 g/mol. The number of phenolic OH excluding ortho intramolecular Hbond substituents is 1. The van der Waals surface area contributed by atoms with E-state index in [-0.39, 0.29) is 48.2 Å². The smallest absolute Gasteiger partial charge is 0.255 e. The number of primary amides is 1. The number of carbonyl (C=O) groups excluding carboxylic acids is 4. The Kier molecular flexibility index (Phi) is 6.41. The molecule has 0 saturated carbocycles. The van der Waals surface area contributed by atoms with E-state index in [2.05, 4.69) is 0 Å². The zero-order valence-corrected chi connectivity index (χ0v) is 21.2. The molecule has 37 heavy (non-hydrogen) atoms. The van der Waals surface area contributed by atoms with Gasteiger partial charge in [-0.15, -0.1) is 0 Å². The Balaban J connectivity index is 1.89. The maximum absolute atomic E-state index is 13.8. The largest absolute Gasteiger partial charge is 0.511 e. The van der Waals surface area contributed by atoms with E-state index in [0.717, 1.165) is 0 Å². The zero-order chi connectivity index (χ0) is 27.6. The van der Waals surface area contributed by atoms with Crippen LogP contribution in [-0.2, 0) is 16.0 Å². The topological polar surface area (TPSA) is 182 Å². The number of fused-ring (bicyclic) bond motifs is 3. The van der Waals surface area contributed by atoms with E-state index in [1.807, 2.05) is 4.90 Å². The van der Waals surface area contributed by atoms with Crippen molar-refractivity contribution in [2.24, 2.45) is 17.6 Å². The van der Waals surface area contributed by atoms with Crippen LogP contribution >= 0.6 is 0 Å². The molecular weight excluding hydrogens is 482 g/mol. The number of Topliss-reactive ketones (excluding diaryl/α,β-unsaturated/α-hetero) is 3. The number of anilines is 1. The van der Waals surface area contributed by atoms with Gasteiger partial charge in [-0.05, 0) is 44.5 Å². The lowest BCUT2D eigenvalue weighted by Crippen LogP contribution is -2.57. The van der Waals surface area contributed by atoms with Crippen molar-refractivity contribution in [3.8, 4) is 5.75 Å². The molecule has 0 saturated heterocycles.